The van der Waals surface area contributed by atoms with Crippen molar-refractivity contribution in [3.63, 3.8) is 0 Å². The van der Waals surface area contributed by atoms with Crippen LogP contribution in [-0.4, -0.2) is 18.7 Å². The van der Waals surface area contributed by atoms with Crippen molar-refractivity contribution in [1.82, 2.24) is 5.32 Å². The van der Waals surface area contributed by atoms with E-state index < -0.39 is 0 Å². The molecule has 3 aromatic rings. The van der Waals surface area contributed by atoms with Crippen molar-refractivity contribution in [2.45, 2.75) is 26.8 Å². The van der Waals surface area contributed by atoms with E-state index in [9.17, 15) is 4.79 Å². The van der Waals surface area contributed by atoms with E-state index in [1.165, 1.54) is 11.1 Å². The molecule has 1 N–H and O–H groups in total. The fourth-order valence-corrected chi connectivity index (χ4v) is 2.86. The summed E-state index contributed by atoms with van der Waals surface area (Å²) in [5, 5.41) is 2.94. The molecule has 0 bridgehead atoms. The third-order valence-corrected chi connectivity index (χ3v) is 4.78. The summed E-state index contributed by atoms with van der Waals surface area (Å²) in [5.41, 5.74) is 5.44. The van der Waals surface area contributed by atoms with Crippen LogP contribution in [0.5, 0.6) is 5.75 Å². The van der Waals surface area contributed by atoms with Gasteiger partial charge in [0.25, 0.3) is 5.91 Å². The summed E-state index contributed by atoms with van der Waals surface area (Å²) in [6.45, 7) is 6.10. The molecule has 0 aliphatic rings. The summed E-state index contributed by atoms with van der Waals surface area (Å²) in [5.74, 6) is 0.498. The monoisotopic (exact) mass is 386 g/mol. The zero-order chi connectivity index (χ0) is 20.6. The van der Waals surface area contributed by atoms with E-state index in [4.69, 9.17) is 4.74 Å². The lowest BCUT2D eigenvalue weighted by molar-refractivity contribution is -0.123. The van der Waals surface area contributed by atoms with Crippen LogP contribution in [0.2, 0.25) is 0 Å². The van der Waals surface area contributed by atoms with Gasteiger partial charge in [-0.3, -0.25) is 9.79 Å². The number of carbonyl (C=O) groups is 1. The van der Waals surface area contributed by atoms with Gasteiger partial charge in [0.2, 0.25) is 0 Å². The summed E-state index contributed by atoms with van der Waals surface area (Å²) in [6.07, 6.45) is 1.82. The molecule has 0 aromatic heterocycles. The molecule has 0 fully saturated rings. The number of aliphatic imine (C=N–C) groups is 1. The van der Waals surface area contributed by atoms with Crippen LogP contribution in [0.1, 0.15) is 35.2 Å². The Bertz CT molecular complexity index is 979. The Morgan fingerprint density at radius 2 is 1.72 bits per heavy atom. The lowest BCUT2D eigenvalue weighted by Gasteiger charge is -2.14. The lowest BCUT2D eigenvalue weighted by atomic mass is 10.1. The second-order valence-corrected chi connectivity index (χ2v) is 7.08. The number of aryl methyl sites for hydroxylation is 2. The van der Waals surface area contributed by atoms with Crippen LogP contribution in [0.25, 0.3) is 0 Å². The second-order valence-electron chi connectivity index (χ2n) is 7.08. The van der Waals surface area contributed by atoms with E-state index in [-0.39, 0.29) is 18.6 Å². The van der Waals surface area contributed by atoms with E-state index in [1.807, 2.05) is 73.8 Å². The van der Waals surface area contributed by atoms with Crippen molar-refractivity contribution >= 4 is 17.8 Å². The Hall–Kier alpha value is -3.40. The quantitative estimate of drug-likeness (QED) is 0.560. The van der Waals surface area contributed by atoms with Crippen molar-refractivity contribution in [3.05, 3.63) is 95.1 Å². The lowest BCUT2D eigenvalue weighted by Crippen LogP contribution is -2.31. The Morgan fingerprint density at radius 1 is 1.00 bits per heavy atom. The van der Waals surface area contributed by atoms with Crippen LogP contribution < -0.4 is 10.1 Å². The minimum Gasteiger partial charge on any atom is -0.484 e. The molecule has 1 amide bonds. The van der Waals surface area contributed by atoms with Crippen molar-refractivity contribution in [1.29, 1.82) is 0 Å². The highest BCUT2D eigenvalue weighted by Gasteiger charge is 2.09. The van der Waals surface area contributed by atoms with Gasteiger partial charge in [0.1, 0.15) is 5.75 Å². The third-order valence-electron chi connectivity index (χ3n) is 4.78. The molecule has 0 aliphatic heterocycles. The standard InChI is InChI=1S/C25H26N2O2/c1-18-9-12-23(15-19(18)2)26-16-21-10-13-24(14-11-21)29-17-25(28)27-20(3)22-7-5-4-6-8-22/h4-16,20H,17H2,1-3H3,(H,27,28)/t20-/m1/s1. The summed E-state index contributed by atoms with van der Waals surface area (Å²) in [6, 6.07) is 23.5. The third kappa shape index (κ3) is 6.04. The van der Waals surface area contributed by atoms with E-state index in [0.29, 0.717) is 5.75 Å². The van der Waals surface area contributed by atoms with Gasteiger partial charge in [-0.1, -0.05) is 36.4 Å². The van der Waals surface area contributed by atoms with Crippen LogP contribution in [0.3, 0.4) is 0 Å². The van der Waals surface area contributed by atoms with Gasteiger partial charge in [-0.2, -0.15) is 0 Å². The summed E-state index contributed by atoms with van der Waals surface area (Å²) in [7, 11) is 0. The van der Waals surface area contributed by atoms with Crippen LogP contribution in [0.4, 0.5) is 5.69 Å². The molecule has 0 radical (unpaired) electrons. The minimum absolute atomic E-state index is 0.0206. The molecule has 3 aromatic carbocycles. The maximum atomic E-state index is 12.1. The molecule has 0 heterocycles. The van der Waals surface area contributed by atoms with Crippen LogP contribution in [0.15, 0.2) is 77.8 Å². The predicted molar refractivity (Wildman–Crippen MR) is 118 cm³/mol. The zero-order valence-corrected chi connectivity index (χ0v) is 17.1. The molecule has 148 valence electrons. The van der Waals surface area contributed by atoms with Crippen molar-refractivity contribution < 1.29 is 9.53 Å². The summed E-state index contributed by atoms with van der Waals surface area (Å²) < 4.78 is 5.59. The molecule has 3 rings (SSSR count). The number of rotatable bonds is 7. The normalized spacial score (nSPS) is 12.0. The molecular weight excluding hydrogens is 360 g/mol. The molecule has 0 spiro atoms. The van der Waals surface area contributed by atoms with Crippen molar-refractivity contribution in [2.24, 2.45) is 4.99 Å². The van der Waals surface area contributed by atoms with Crippen molar-refractivity contribution in [3.8, 4) is 5.75 Å². The first-order chi connectivity index (χ1) is 14.0. The van der Waals surface area contributed by atoms with E-state index in [0.717, 1.165) is 16.8 Å². The SMILES string of the molecule is Cc1ccc(N=Cc2ccc(OCC(=O)N[C@H](C)c3ccccc3)cc2)cc1C. The van der Waals surface area contributed by atoms with Gasteiger partial charge >= 0.3 is 0 Å². The van der Waals surface area contributed by atoms with E-state index in [1.54, 1.807) is 0 Å². The number of carbonyl (C=O) groups excluding carboxylic acids is 1. The van der Waals surface area contributed by atoms with Crippen LogP contribution in [0, 0.1) is 13.8 Å². The largest absolute Gasteiger partial charge is 0.484 e. The molecule has 1 atom stereocenters. The fraction of sp³-hybridized carbons (Fsp3) is 0.200. The van der Waals surface area contributed by atoms with Crippen LogP contribution in [-0.2, 0) is 4.79 Å². The number of ether oxygens (including phenoxy) is 1. The molecule has 4 heteroatoms. The van der Waals surface area contributed by atoms with E-state index in [2.05, 4.69) is 36.3 Å². The van der Waals surface area contributed by atoms with Gasteiger partial charge in [-0.15, -0.1) is 0 Å². The summed E-state index contributed by atoms with van der Waals surface area (Å²) >= 11 is 0. The second kappa shape index (κ2) is 9.69. The number of nitrogens with one attached hydrogen (secondary N) is 1. The number of nitrogens with zero attached hydrogens (tertiary/aromatic N) is 1. The highest BCUT2D eigenvalue weighted by atomic mass is 16.5. The fourth-order valence-electron chi connectivity index (χ4n) is 2.86. The maximum absolute atomic E-state index is 12.1. The van der Waals surface area contributed by atoms with Gasteiger partial charge in [0.15, 0.2) is 6.61 Å². The van der Waals surface area contributed by atoms with E-state index >= 15 is 0 Å². The molecule has 0 unspecified atom stereocenters. The molecule has 4 nitrogen and oxygen atoms in total. The van der Waals surface area contributed by atoms with Gasteiger partial charge in [-0.05, 0) is 79.4 Å². The number of amides is 1. The average Bonchev–Trinajstić information content (AvgIpc) is 2.74. The minimum atomic E-state index is -0.151. The zero-order valence-electron chi connectivity index (χ0n) is 17.1. The van der Waals surface area contributed by atoms with Crippen molar-refractivity contribution in [2.75, 3.05) is 6.61 Å². The molecule has 0 saturated carbocycles. The van der Waals surface area contributed by atoms with Gasteiger partial charge in [-0.25, -0.2) is 0 Å². The number of hydrogen-bond acceptors (Lipinski definition) is 3. The van der Waals surface area contributed by atoms with Gasteiger partial charge < -0.3 is 10.1 Å². The average molecular weight is 386 g/mol. The highest BCUT2D eigenvalue weighted by molar-refractivity contribution is 5.82. The molecular formula is C25H26N2O2. The molecule has 29 heavy (non-hydrogen) atoms. The first-order valence-corrected chi connectivity index (χ1v) is 9.70. The topological polar surface area (TPSA) is 50.7 Å². The Morgan fingerprint density at radius 3 is 2.41 bits per heavy atom. The first-order valence-electron chi connectivity index (χ1n) is 9.70. The Labute approximate surface area is 172 Å². The Balaban J connectivity index is 1.50. The Kier molecular flexibility index (Phi) is 6.80. The molecule has 0 saturated heterocycles. The highest BCUT2D eigenvalue weighted by Crippen LogP contribution is 2.18. The predicted octanol–water partition coefficient (Wildman–Crippen LogP) is 5.31. The van der Waals surface area contributed by atoms with Gasteiger partial charge in [0, 0.05) is 6.21 Å². The maximum Gasteiger partial charge on any atom is 0.258 e. The number of hydrogen-bond donors (Lipinski definition) is 1. The summed E-state index contributed by atoms with van der Waals surface area (Å²) in [4.78, 5) is 16.6. The molecule has 0 aliphatic carbocycles. The van der Waals surface area contributed by atoms with Crippen LogP contribution >= 0.6 is 0 Å². The number of benzene rings is 3. The van der Waals surface area contributed by atoms with Gasteiger partial charge in [0.05, 0.1) is 11.7 Å². The smallest absolute Gasteiger partial charge is 0.258 e. The first kappa shape index (κ1) is 20.3.